The zero-order chi connectivity index (χ0) is 20.2. The maximum atomic E-state index is 12.3. The van der Waals surface area contributed by atoms with E-state index in [-0.39, 0.29) is 17.8 Å². The van der Waals surface area contributed by atoms with Gasteiger partial charge in [-0.05, 0) is 26.3 Å². The van der Waals surface area contributed by atoms with Crippen molar-refractivity contribution in [3.8, 4) is 0 Å². The first-order chi connectivity index (χ1) is 13.2. The number of epoxide rings is 1. The van der Waals surface area contributed by atoms with E-state index in [2.05, 4.69) is 13.2 Å². The van der Waals surface area contributed by atoms with Gasteiger partial charge in [0.15, 0.2) is 6.29 Å². The maximum Gasteiger partial charge on any atom is 0.334 e. The molecule has 1 aliphatic carbocycles. The number of carbonyl (C=O) groups is 2. The van der Waals surface area contributed by atoms with Gasteiger partial charge in [0.25, 0.3) is 0 Å². The third-order valence-electron chi connectivity index (χ3n) is 5.87. The summed E-state index contributed by atoms with van der Waals surface area (Å²) >= 11 is 0. The highest BCUT2D eigenvalue weighted by Crippen LogP contribution is 2.52. The van der Waals surface area contributed by atoms with Crippen molar-refractivity contribution < 1.29 is 33.3 Å². The van der Waals surface area contributed by atoms with Gasteiger partial charge in [-0.15, -0.1) is 0 Å². The molecule has 7 nitrogen and oxygen atoms in total. The number of hydrogen-bond acceptors (Lipinski definition) is 7. The maximum absolute atomic E-state index is 12.3. The molecular formula is C21H26O7. The van der Waals surface area contributed by atoms with E-state index in [0.29, 0.717) is 25.0 Å². The smallest absolute Gasteiger partial charge is 0.334 e. The second-order valence-electron chi connectivity index (χ2n) is 8.11. The fraction of sp³-hybridized carbons (Fsp3) is 0.619. The molecule has 0 spiro atoms. The molecule has 2 fully saturated rings. The Kier molecular flexibility index (Phi) is 4.72. The molecule has 0 radical (unpaired) electrons. The molecule has 7 unspecified atom stereocenters. The normalized spacial score (nSPS) is 41.5. The van der Waals surface area contributed by atoms with E-state index in [4.69, 9.17) is 23.7 Å². The van der Waals surface area contributed by atoms with Gasteiger partial charge in [0.1, 0.15) is 18.3 Å². The molecule has 7 heteroatoms. The number of hydrogen-bond donors (Lipinski definition) is 0. The van der Waals surface area contributed by atoms with Gasteiger partial charge < -0.3 is 23.7 Å². The zero-order valence-electron chi connectivity index (χ0n) is 16.4. The van der Waals surface area contributed by atoms with Crippen LogP contribution >= 0.6 is 0 Å². The van der Waals surface area contributed by atoms with Crippen molar-refractivity contribution in [3.05, 3.63) is 36.0 Å². The Morgan fingerprint density at radius 3 is 2.86 bits per heavy atom. The van der Waals surface area contributed by atoms with E-state index >= 15 is 0 Å². The summed E-state index contributed by atoms with van der Waals surface area (Å²) in [4.78, 5) is 24.6. The first kappa shape index (κ1) is 19.4. The average molecular weight is 390 g/mol. The Bertz CT molecular complexity index is 769. The quantitative estimate of drug-likeness (QED) is 0.315. The number of fused-ring (bicyclic) bond motifs is 4. The van der Waals surface area contributed by atoms with Crippen LogP contribution in [-0.2, 0) is 33.3 Å². The lowest BCUT2D eigenvalue weighted by molar-refractivity contribution is -0.150. The minimum atomic E-state index is -0.656. The van der Waals surface area contributed by atoms with Gasteiger partial charge in [0, 0.05) is 30.6 Å². The van der Waals surface area contributed by atoms with Crippen LogP contribution in [0.3, 0.4) is 0 Å². The summed E-state index contributed by atoms with van der Waals surface area (Å²) < 4.78 is 29.1. The molecule has 0 N–H and O–H groups in total. The van der Waals surface area contributed by atoms with Gasteiger partial charge in [0.05, 0.1) is 17.6 Å². The summed E-state index contributed by atoms with van der Waals surface area (Å²) in [5.41, 5.74) is 0.987. The second kappa shape index (κ2) is 6.83. The number of esters is 2. The number of ether oxygens (including phenoxy) is 5. The Morgan fingerprint density at radius 1 is 1.43 bits per heavy atom. The summed E-state index contributed by atoms with van der Waals surface area (Å²) in [5, 5.41) is 0. The highest BCUT2D eigenvalue weighted by molar-refractivity contribution is 5.91. The SMILES string of the molecule is C=C(C)C(=O)OC1CC2=CC(CC3(C)OC3C3OC(=O)C(=C)C13)OC2OCC. The highest BCUT2D eigenvalue weighted by Gasteiger charge is 2.65. The van der Waals surface area contributed by atoms with Crippen molar-refractivity contribution in [1.82, 2.24) is 0 Å². The molecule has 0 aromatic carbocycles. The average Bonchev–Trinajstić information content (AvgIpc) is 3.00. The summed E-state index contributed by atoms with van der Waals surface area (Å²) in [7, 11) is 0. The summed E-state index contributed by atoms with van der Waals surface area (Å²) in [5.74, 6) is -1.49. The van der Waals surface area contributed by atoms with Gasteiger partial charge in [0.2, 0.25) is 0 Å². The zero-order valence-corrected chi connectivity index (χ0v) is 16.4. The Morgan fingerprint density at radius 2 is 2.18 bits per heavy atom. The van der Waals surface area contributed by atoms with Crippen LogP contribution in [0.15, 0.2) is 36.0 Å². The van der Waals surface area contributed by atoms with Crippen LogP contribution in [0.4, 0.5) is 0 Å². The minimum absolute atomic E-state index is 0.170. The molecule has 3 heterocycles. The van der Waals surface area contributed by atoms with Crippen LogP contribution in [0, 0.1) is 5.92 Å². The molecule has 7 atom stereocenters. The molecule has 4 aliphatic rings. The lowest BCUT2D eigenvalue weighted by atomic mass is 9.82. The van der Waals surface area contributed by atoms with Crippen molar-refractivity contribution in [3.63, 3.8) is 0 Å². The topological polar surface area (TPSA) is 83.6 Å². The predicted octanol–water partition coefficient (Wildman–Crippen LogP) is 2.21. The standard InChI is InChI=1S/C21H26O7/c1-6-24-20-12-7-13(25-20)9-21(5)17(28-21)16-15(11(4)19(23)27-16)14(8-12)26-18(22)10(2)3/h7,13-17,20H,2,4,6,8-9H2,1,3,5H3. The van der Waals surface area contributed by atoms with Crippen molar-refractivity contribution >= 4 is 11.9 Å². The van der Waals surface area contributed by atoms with Gasteiger partial charge >= 0.3 is 11.9 Å². The monoisotopic (exact) mass is 390 g/mol. The van der Waals surface area contributed by atoms with Crippen LogP contribution in [0.1, 0.15) is 33.6 Å². The molecule has 3 aliphatic heterocycles. The third kappa shape index (κ3) is 3.21. The van der Waals surface area contributed by atoms with Crippen LogP contribution in [0.5, 0.6) is 0 Å². The molecule has 152 valence electrons. The molecule has 4 rings (SSSR count). The van der Waals surface area contributed by atoms with Gasteiger partial charge in [-0.2, -0.15) is 0 Å². The Hall–Kier alpha value is -1.96. The summed E-state index contributed by atoms with van der Waals surface area (Å²) in [6.07, 6.45) is 0.839. The lowest BCUT2D eigenvalue weighted by Crippen LogP contribution is -2.39. The Labute approximate surface area is 164 Å². The molecule has 0 amide bonds. The van der Waals surface area contributed by atoms with Gasteiger partial charge in [-0.1, -0.05) is 19.2 Å². The van der Waals surface area contributed by atoms with E-state index in [0.717, 1.165) is 5.57 Å². The second-order valence-corrected chi connectivity index (χ2v) is 8.11. The van der Waals surface area contributed by atoms with E-state index in [1.807, 2.05) is 19.9 Å². The van der Waals surface area contributed by atoms with Crippen molar-refractivity contribution in [2.75, 3.05) is 6.61 Å². The molecule has 2 bridgehead atoms. The van der Waals surface area contributed by atoms with Crippen molar-refractivity contribution in [2.24, 2.45) is 5.92 Å². The predicted molar refractivity (Wildman–Crippen MR) is 98.1 cm³/mol. The first-order valence-corrected chi connectivity index (χ1v) is 9.65. The molecule has 0 aromatic heterocycles. The van der Waals surface area contributed by atoms with Crippen molar-refractivity contribution in [2.45, 2.75) is 69.9 Å². The summed E-state index contributed by atoms with van der Waals surface area (Å²) in [6.45, 7) is 13.5. The van der Waals surface area contributed by atoms with Gasteiger partial charge in [-0.3, -0.25) is 0 Å². The van der Waals surface area contributed by atoms with Crippen LogP contribution < -0.4 is 0 Å². The number of rotatable bonds is 4. The lowest BCUT2D eigenvalue weighted by Gasteiger charge is -2.28. The van der Waals surface area contributed by atoms with Crippen molar-refractivity contribution in [1.29, 1.82) is 0 Å². The fourth-order valence-electron chi connectivity index (χ4n) is 4.41. The fourth-order valence-corrected chi connectivity index (χ4v) is 4.41. The van der Waals surface area contributed by atoms with E-state index in [1.165, 1.54) is 0 Å². The molecule has 28 heavy (non-hydrogen) atoms. The van der Waals surface area contributed by atoms with Gasteiger partial charge in [-0.25, -0.2) is 9.59 Å². The molecular weight excluding hydrogens is 364 g/mol. The largest absolute Gasteiger partial charge is 0.458 e. The summed E-state index contributed by atoms with van der Waals surface area (Å²) in [6, 6.07) is 0. The minimum Gasteiger partial charge on any atom is -0.458 e. The van der Waals surface area contributed by atoms with E-state index in [9.17, 15) is 9.59 Å². The number of carbonyl (C=O) groups excluding carboxylic acids is 2. The third-order valence-corrected chi connectivity index (χ3v) is 5.87. The van der Waals surface area contributed by atoms with E-state index < -0.39 is 42.0 Å². The van der Waals surface area contributed by atoms with E-state index in [1.54, 1.807) is 6.92 Å². The molecule has 0 saturated carbocycles. The van der Waals surface area contributed by atoms with Crippen LogP contribution in [-0.4, -0.2) is 54.9 Å². The molecule has 0 aromatic rings. The molecule has 2 saturated heterocycles. The highest BCUT2D eigenvalue weighted by atomic mass is 16.7. The first-order valence-electron chi connectivity index (χ1n) is 9.65. The van der Waals surface area contributed by atoms with Crippen LogP contribution in [0.25, 0.3) is 0 Å². The Balaban J connectivity index is 1.71. The van der Waals surface area contributed by atoms with Crippen LogP contribution in [0.2, 0.25) is 0 Å².